The maximum absolute atomic E-state index is 9.42. The van der Waals surface area contributed by atoms with Crippen molar-refractivity contribution >= 4 is 5.69 Å². The summed E-state index contributed by atoms with van der Waals surface area (Å²) in [7, 11) is 2.16. The first-order valence-corrected chi connectivity index (χ1v) is 7.27. The minimum Gasteiger partial charge on any atom is -0.394 e. The van der Waals surface area contributed by atoms with Crippen LogP contribution in [0.4, 0.5) is 5.69 Å². The van der Waals surface area contributed by atoms with Crippen LogP contribution in [0.1, 0.15) is 37.8 Å². The fourth-order valence-electron chi connectivity index (χ4n) is 2.56. The summed E-state index contributed by atoms with van der Waals surface area (Å²) in [6.07, 6.45) is 3.35. The molecular formula is C16H26N2O. The van der Waals surface area contributed by atoms with Gasteiger partial charge < -0.3 is 15.3 Å². The maximum Gasteiger partial charge on any atom is 0.0610 e. The lowest BCUT2D eigenvalue weighted by molar-refractivity contribution is 0.169. The predicted molar refractivity (Wildman–Crippen MR) is 80.7 cm³/mol. The molecule has 3 nitrogen and oxygen atoms in total. The Labute approximate surface area is 116 Å². The van der Waals surface area contributed by atoms with Crippen LogP contribution in [0.2, 0.25) is 0 Å². The van der Waals surface area contributed by atoms with Crippen LogP contribution in [0.5, 0.6) is 0 Å². The Balaban J connectivity index is 2.06. The molecule has 2 rings (SSSR count). The van der Waals surface area contributed by atoms with Crippen molar-refractivity contribution in [1.82, 2.24) is 5.32 Å². The van der Waals surface area contributed by atoms with Crippen molar-refractivity contribution in [3.63, 3.8) is 0 Å². The van der Waals surface area contributed by atoms with Crippen molar-refractivity contribution in [2.45, 2.75) is 45.2 Å². The minimum atomic E-state index is -0.174. The van der Waals surface area contributed by atoms with Crippen LogP contribution >= 0.6 is 0 Å². The lowest BCUT2D eigenvalue weighted by atomic mass is 9.97. The van der Waals surface area contributed by atoms with Crippen LogP contribution in [-0.4, -0.2) is 30.8 Å². The Bertz CT molecular complexity index is 427. The topological polar surface area (TPSA) is 35.5 Å². The monoisotopic (exact) mass is 262 g/mol. The van der Waals surface area contributed by atoms with Crippen LogP contribution in [0.25, 0.3) is 0 Å². The fourth-order valence-corrected chi connectivity index (χ4v) is 2.56. The number of anilines is 1. The standard InChI is InChI=1S/C16H26N2O/c1-4-16(2,12-19)17-11-13-7-8-15-14(10-13)6-5-9-18(15)3/h7-8,10,17,19H,4-6,9,11-12H2,1-3H3. The Kier molecular flexibility index (Phi) is 4.48. The highest BCUT2D eigenvalue weighted by atomic mass is 16.3. The van der Waals surface area contributed by atoms with E-state index in [9.17, 15) is 5.11 Å². The van der Waals surface area contributed by atoms with Crippen LogP contribution in [0.3, 0.4) is 0 Å². The van der Waals surface area contributed by atoms with E-state index in [1.165, 1.54) is 29.7 Å². The van der Waals surface area contributed by atoms with Gasteiger partial charge in [0.05, 0.1) is 6.61 Å². The van der Waals surface area contributed by atoms with Crippen molar-refractivity contribution in [1.29, 1.82) is 0 Å². The number of hydrogen-bond acceptors (Lipinski definition) is 3. The van der Waals surface area contributed by atoms with E-state index in [2.05, 4.69) is 49.3 Å². The van der Waals surface area contributed by atoms with Crippen LogP contribution in [0, 0.1) is 0 Å². The molecule has 0 radical (unpaired) electrons. The highest BCUT2D eigenvalue weighted by Crippen LogP contribution is 2.26. The number of aliphatic hydroxyl groups is 1. The summed E-state index contributed by atoms with van der Waals surface area (Å²) in [5.41, 5.74) is 3.96. The largest absolute Gasteiger partial charge is 0.394 e. The van der Waals surface area contributed by atoms with E-state index in [1.807, 2.05) is 0 Å². The highest BCUT2D eigenvalue weighted by Gasteiger charge is 2.20. The number of nitrogens with one attached hydrogen (secondary N) is 1. The van der Waals surface area contributed by atoms with Crippen molar-refractivity contribution in [2.75, 3.05) is 25.1 Å². The van der Waals surface area contributed by atoms with Crippen molar-refractivity contribution in [3.05, 3.63) is 29.3 Å². The van der Waals surface area contributed by atoms with E-state index in [0.717, 1.165) is 19.5 Å². The van der Waals surface area contributed by atoms with Gasteiger partial charge >= 0.3 is 0 Å². The minimum absolute atomic E-state index is 0.174. The van der Waals surface area contributed by atoms with Gasteiger partial charge in [0.25, 0.3) is 0 Å². The lowest BCUT2D eigenvalue weighted by Crippen LogP contribution is -2.44. The van der Waals surface area contributed by atoms with Gasteiger partial charge in [0.2, 0.25) is 0 Å². The molecule has 0 fully saturated rings. The third-order valence-electron chi connectivity index (χ3n) is 4.34. The smallest absolute Gasteiger partial charge is 0.0610 e. The molecule has 0 bridgehead atoms. The summed E-state index contributed by atoms with van der Waals surface area (Å²) in [4.78, 5) is 2.33. The molecule has 1 unspecified atom stereocenters. The number of aliphatic hydroxyl groups excluding tert-OH is 1. The molecule has 106 valence electrons. The zero-order valence-corrected chi connectivity index (χ0v) is 12.4. The lowest BCUT2D eigenvalue weighted by Gasteiger charge is -2.29. The molecule has 1 aliphatic rings. The molecule has 1 aliphatic heterocycles. The quantitative estimate of drug-likeness (QED) is 0.855. The van der Waals surface area contributed by atoms with Gasteiger partial charge in [0, 0.05) is 31.4 Å². The second-order valence-corrected chi connectivity index (χ2v) is 5.91. The van der Waals surface area contributed by atoms with E-state index >= 15 is 0 Å². The first-order chi connectivity index (χ1) is 9.08. The summed E-state index contributed by atoms with van der Waals surface area (Å²) >= 11 is 0. The second kappa shape index (κ2) is 5.93. The van der Waals surface area contributed by atoms with Crippen molar-refractivity contribution in [3.8, 4) is 0 Å². The number of nitrogens with zero attached hydrogens (tertiary/aromatic N) is 1. The van der Waals surface area contributed by atoms with Gasteiger partial charge in [-0.25, -0.2) is 0 Å². The third kappa shape index (κ3) is 3.28. The molecule has 1 atom stereocenters. The van der Waals surface area contributed by atoms with Gasteiger partial charge in [-0.15, -0.1) is 0 Å². The third-order valence-corrected chi connectivity index (χ3v) is 4.34. The molecule has 2 N–H and O–H groups in total. The molecule has 0 saturated heterocycles. The van der Waals surface area contributed by atoms with E-state index in [4.69, 9.17) is 0 Å². The Hall–Kier alpha value is -1.06. The molecule has 1 aromatic carbocycles. The Morgan fingerprint density at radius 3 is 2.89 bits per heavy atom. The SMILES string of the molecule is CCC(C)(CO)NCc1ccc2c(c1)CCCN2C. The fraction of sp³-hybridized carbons (Fsp3) is 0.625. The molecule has 19 heavy (non-hydrogen) atoms. The normalized spacial score (nSPS) is 18.0. The Morgan fingerprint density at radius 1 is 1.42 bits per heavy atom. The van der Waals surface area contributed by atoms with Gasteiger partial charge in [-0.3, -0.25) is 0 Å². The maximum atomic E-state index is 9.42. The molecule has 0 amide bonds. The number of hydrogen-bond donors (Lipinski definition) is 2. The average Bonchev–Trinajstić information content (AvgIpc) is 2.45. The van der Waals surface area contributed by atoms with Gasteiger partial charge in [0.15, 0.2) is 0 Å². The van der Waals surface area contributed by atoms with E-state index < -0.39 is 0 Å². The van der Waals surface area contributed by atoms with Gasteiger partial charge in [-0.05, 0) is 43.4 Å². The first kappa shape index (κ1) is 14.4. The van der Waals surface area contributed by atoms with Crippen LogP contribution in [0.15, 0.2) is 18.2 Å². The number of fused-ring (bicyclic) bond motifs is 1. The summed E-state index contributed by atoms with van der Waals surface area (Å²) in [5, 5.41) is 12.9. The van der Waals surface area contributed by atoms with E-state index in [-0.39, 0.29) is 12.1 Å². The summed E-state index contributed by atoms with van der Waals surface area (Å²) in [6.45, 7) is 6.33. The Morgan fingerprint density at radius 2 is 2.21 bits per heavy atom. The molecular weight excluding hydrogens is 236 g/mol. The van der Waals surface area contributed by atoms with Gasteiger partial charge in [0.1, 0.15) is 0 Å². The molecule has 3 heteroatoms. The molecule has 0 aliphatic carbocycles. The number of benzene rings is 1. The predicted octanol–water partition coefficient (Wildman–Crippen LogP) is 2.32. The molecule has 0 aromatic heterocycles. The van der Waals surface area contributed by atoms with Crippen molar-refractivity contribution < 1.29 is 5.11 Å². The molecule has 1 heterocycles. The summed E-state index contributed by atoms with van der Waals surface area (Å²) in [6, 6.07) is 6.74. The van der Waals surface area contributed by atoms with Gasteiger partial charge in [-0.1, -0.05) is 19.1 Å². The van der Waals surface area contributed by atoms with E-state index in [1.54, 1.807) is 0 Å². The van der Waals surface area contributed by atoms with Gasteiger partial charge in [-0.2, -0.15) is 0 Å². The van der Waals surface area contributed by atoms with Crippen molar-refractivity contribution in [2.24, 2.45) is 0 Å². The molecule has 1 aromatic rings. The van der Waals surface area contributed by atoms with Crippen LogP contribution < -0.4 is 10.2 Å². The highest BCUT2D eigenvalue weighted by molar-refractivity contribution is 5.56. The first-order valence-electron chi connectivity index (χ1n) is 7.27. The average molecular weight is 262 g/mol. The summed E-state index contributed by atoms with van der Waals surface area (Å²) < 4.78 is 0. The zero-order chi connectivity index (χ0) is 13.9. The zero-order valence-electron chi connectivity index (χ0n) is 12.4. The van der Waals surface area contributed by atoms with Crippen LogP contribution in [-0.2, 0) is 13.0 Å². The summed E-state index contributed by atoms with van der Waals surface area (Å²) in [5.74, 6) is 0. The molecule has 0 spiro atoms. The number of aryl methyl sites for hydroxylation is 1. The van der Waals surface area contributed by atoms with E-state index in [0.29, 0.717) is 0 Å². The second-order valence-electron chi connectivity index (χ2n) is 5.91. The molecule has 0 saturated carbocycles. The number of rotatable bonds is 5.